The van der Waals surface area contributed by atoms with Crippen molar-refractivity contribution in [3.8, 4) is 11.5 Å². The Hall–Kier alpha value is -2.07. The van der Waals surface area contributed by atoms with E-state index in [1.54, 1.807) is 13.2 Å². The number of methoxy groups -OCH3 is 1. The van der Waals surface area contributed by atoms with Crippen LogP contribution in [0.3, 0.4) is 0 Å². The Kier molecular flexibility index (Phi) is 4.96. The first kappa shape index (κ1) is 14.3. The van der Waals surface area contributed by atoms with Crippen LogP contribution in [0.4, 0.5) is 4.39 Å². The van der Waals surface area contributed by atoms with E-state index in [0.29, 0.717) is 13.2 Å². The molecule has 4 heteroatoms. The van der Waals surface area contributed by atoms with E-state index in [1.807, 2.05) is 31.3 Å². The standard InChI is InChI=1S/C16H18FNO2/c1-18-10-13-9-15(19-2)6-7-16(13)20-11-12-4-3-5-14(17)8-12/h3-9,18H,10-11H2,1-2H3. The summed E-state index contributed by atoms with van der Waals surface area (Å²) in [4.78, 5) is 0. The van der Waals surface area contributed by atoms with Crippen molar-refractivity contribution in [1.82, 2.24) is 5.32 Å². The maximum absolute atomic E-state index is 13.1. The Morgan fingerprint density at radius 2 is 2.00 bits per heavy atom. The topological polar surface area (TPSA) is 30.5 Å². The Labute approximate surface area is 118 Å². The quantitative estimate of drug-likeness (QED) is 0.878. The number of halogens is 1. The van der Waals surface area contributed by atoms with Crippen molar-refractivity contribution in [2.75, 3.05) is 14.2 Å². The molecule has 3 nitrogen and oxygen atoms in total. The maximum Gasteiger partial charge on any atom is 0.124 e. The van der Waals surface area contributed by atoms with E-state index in [0.717, 1.165) is 22.6 Å². The fraction of sp³-hybridized carbons (Fsp3) is 0.250. The van der Waals surface area contributed by atoms with Gasteiger partial charge in [0.25, 0.3) is 0 Å². The largest absolute Gasteiger partial charge is 0.497 e. The van der Waals surface area contributed by atoms with Crippen molar-refractivity contribution in [1.29, 1.82) is 0 Å². The third kappa shape index (κ3) is 3.71. The summed E-state index contributed by atoms with van der Waals surface area (Å²) in [7, 11) is 3.50. The Morgan fingerprint density at radius 1 is 1.15 bits per heavy atom. The van der Waals surface area contributed by atoms with Crippen LogP contribution in [0, 0.1) is 5.82 Å². The van der Waals surface area contributed by atoms with Crippen LogP contribution in [0.1, 0.15) is 11.1 Å². The van der Waals surface area contributed by atoms with Gasteiger partial charge in [-0.05, 0) is 42.9 Å². The molecule has 0 bridgehead atoms. The molecular formula is C16H18FNO2. The first-order valence-corrected chi connectivity index (χ1v) is 6.41. The Morgan fingerprint density at radius 3 is 2.70 bits per heavy atom. The predicted molar refractivity (Wildman–Crippen MR) is 76.5 cm³/mol. The van der Waals surface area contributed by atoms with Crippen LogP contribution in [-0.2, 0) is 13.2 Å². The zero-order valence-corrected chi connectivity index (χ0v) is 11.7. The molecule has 0 aliphatic rings. The molecule has 1 N–H and O–H groups in total. The van der Waals surface area contributed by atoms with Crippen LogP contribution in [0.25, 0.3) is 0 Å². The third-order valence-electron chi connectivity index (χ3n) is 2.92. The summed E-state index contributed by atoms with van der Waals surface area (Å²) < 4.78 is 24.1. The second-order valence-corrected chi connectivity index (χ2v) is 4.42. The molecule has 0 aliphatic heterocycles. The SMILES string of the molecule is CNCc1cc(OC)ccc1OCc1cccc(F)c1. The summed E-state index contributed by atoms with van der Waals surface area (Å²) in [5, 5.41) is 3.09. The van der Waals surface area contributed by atoms with Gasteiger partial charge in [0.15, 0.2) is 0 Å². The first-order valence-electron chi connectivity index (χ1n) is 6.41. The third-order valence-corrected chi connectivity index (χ3v) is 2.92. The zero-order chi connectivity index (χ0) is 14.4. The van der Waals surface area contributed by atoms with Gasteiger partial charge in [0.2, 0.25) is 0 Å². The van der Waals surface area contributed by atoms with E-state index >= 15 is 0 Å². The molecule has 0 aliphatic carbocycles. The number of hydrogen-bond acceptors (Lipinski definition) is 3. The molecule has 106 valence electrons. The van der Waals surface area contributed by atoms with Crippen molar-refractivity contribution >= 4 is 0 Å². The van der Waals surface area contributed by atoms with E-state index < -0.39 is 0 Å². The van der Waals surface area contributed by atoms with E-state index in [-0.39, 0.29) is 5.82 Å². The molecule has 0 atom stereocenters. The van der Waals surface area contributed by atoms with Crippen molar-refractivity contribution < 1.29 is 13.9 Å². The molecule has 0 unspecified atom stereocenters. The monoisotopic (exact) mass is 275 g/mol. The van der Waals surface area contributed by atoms with Gasteiger partial charge in [-0.25, -0.2) is 4.39 Å². The van der Waals surface area contributed by atoms with Gasteiger partial charge in [0, 0.05) is 12.1 Å². The van der Waals surface area contributed by atoms with Crippen LogP contribution in [-0.4, -0.2) is 14.2 Å². The van der Waals surface area contributed by atoms with Gasteiger partial charge < -0.3 is 14.8 Å². The molecule has 0 saturated heterocycles. The molecule has 0 amide bonds. The maximum atomic E-state index is 13.1. The molecule has 2 rings (SSSR count). The van der Waals surface area contributed by atoms with Crippen molar-refractivity contribution in [2.45, 2.75) is 13.2 Å². The minimum atomic E-state index is -0.253. The van der Waals surface area contributed by atoms with Gasteiger partial charge in [-0.1, -0.05) is 12.1 Å². The summed E-state index contributed by atoms with van der Waals surface area (Å²) in [6.45, 7) is 1.01. The average Bonchev–Trinajstić information content (AvgIpc) is 2.46. The van der Waals surface area contributed by atoms with Crippen LogP contribution in [0.5, 0.6) is 11.5 Å². The smallest absolute Gasteiger partial charge is 0.124 e. The number of rotatable bonds is 6. The van der Waals surface area contributed by atoms with Gasteiger partial charge in [0.05, 0.1) is 7.11 Å². The number of benzene rings is 2. The molecule has 0 aromatic heterocycles. The van der Waals surface area contributed by atoms with Crippen LogP contribution >= 0.6 is 0 Å². The zero-order valence-electron chi connectivity index (χ0n) is 11.7. The lowest BCUT2D eigenvalue weighted by molar-refractivity contribution is 0.301. The normalized spacial score (nSPS) is 10.3. The fourth-order valence-electron chi connectivity index (χ4n) is 1.94. The van der Waals surface area contributed by atoms with E-state index in [9.17, 15) is 4.39 Å². The minimum Gasteiger partial charge on any atom is -0.497 e. The molecule has 2 aromatic rings. The van der Waals surface area contributed by atoms with Crippen molar-refractivity contribution in [2.24, 2.45) is 0 Å². The highest BCUT2D eigenvalue weighted by Gasteiger charge is 2.06. The predicted octanol–water partition coefficient (Wildman–Crippen LogP) is 3.13. The second-order valence-electron chi connectivity index (χ2n) is 4.42. The minimum absolute atomic E-state index is 0.253. The molecule has 2 aromatic carbocycles. The summed E-state index contributed by atoms with van der Waals surface area (Å²) in [6, 6.07) is 12.0. The van der Waals surface area contributed by atoms with Gasteiger partial charge in [0.1, 0.15) is 23.9 Å². The molecule has 0 heterocycles. The number of hydrogen-bond donors (Lipinski definition) is 1. The lowest BCUT2D eigenvalue weighted by Crippen LogP contribution is -2.08. The molecule has 0 fully saturated rings. The van der Waals surface area contributed by atoms with Crippen molar-refractivity contribution in [3.63, 3.8) is 0 Å². The van der Waals surface area contributed by atoms with E-state index in [1.165, 1.54) is 12.1 Å². The molecule has 20 heavy (non-hydrogen) atoms. The van der Waals surface area contributed by atoms with Gasteiger partial charge in [-0.15, -0.1) is 0 Å². The van der Waals surface area contributed by atoms with E-state index in [4.69, 9.17) is 9.47 Å². The fourth-order valence-corrected chi connectivity index (χ4v) is 1.94. The highest BCUT2D eigenvalue weighted by atomic mass is 19.1. The van der Waals surface area contributed by atoms with Gasteiger partial charge in [-0.3, -0.25) is 0 Å². The highest BCUT2D eigenvalue weighted by Crippen LogP contribution is 2.25. The van der Waals surface area contributed by atoms with Crippen LogP contribution in [0.15, 0.2) is 42.5 Å². The molecule has 0 spiro atoms. The molecular weight excluding hydrogens is 257 g/mol. The van der Waals surface area contributed by atoms with E-state index in [2.05, 4.69) is 5.32 Å². The average molecular weight is 275 g/mol. The summed E-state index contributed by atoms with van der Waals surface area (Å²) in [5.41, 5.74) is 1.81. The van der Waals surface area contributed by atoms with Crippen LogP contribution in [0.2, 0.25) is 0 Å². The highest BCUT2D eigenvalue weighted by molar-refractivity contribution is 5.40. The van der Waals surface area contributed by atoms with Gasteiger partial charge >= 0.3 is 0 Å². The lowest BCUT2D eigenvalue weighted by atomic mass is 10.2. The summed E-state index contributed by atoms with van der Waals surface area (Å²) in [6.07, 6.45) is 0. The van der Waals surface area contributed by atoms with Gasteiger partial charge in [-0.2, -0.15) is 0 Å². The molecule has 0 saturated carbocycles. The number of nitrogens with one attached hydrogen (secondary N) is 1. The number of ether oxygens (including phenoxy) is 2. The molecule has 0 radical (unpaired) electrons. The summed E-state index contributed by atoms with van der Waals surface area (Å²) in [5.74, 6) is 1.30. The second kappa shape index (κ2) is 6.91. The lowest BCUT2D eigenvalue weighted by Gasteiger charge is -2.13. The van der Waals surface area contributed by atoms with Crippen LogP contribution < -0.4 is 14.8 Å². The first-order chi connectivity index (χ1) is 9.72. The Balaban J connectivity index is 2.12. The summed E-state index contributed by atoms with van der Waals surface area (Å²) >= 11 is 0. The van der Waals surface area contributed by atoms with Crippen molar-refractivity contribution in [3.05, 3.63) is 59.4 Å². The Bertz CT molecular complexity index is 572.